The number of amides is 1. The van der Waals surface area contributed by atoms with Gasteiger partial charge in [-0.3, -0.25) is 9.10 Å². The SMILES string of the molecule is CS(=O)(=O)N(CC(=O)N/N=C\c1ccc(Br)cc1)c1ccccc1. The number of benzene rings is 2. The number of hydrazone groups is 1. The van der Waals surface area contributed by atoms with Crippen LogP contribution in [0.15, 0.2) is 64.2 Å². The average molecular weight is 410 g/mol. The maximum Gasteiger partial charge on any atom is 0.260 e. The number of hydrogen-bond donors (Lipinski definition) is 1. The van der Waals surface area contributed by atoms with E-state index in [4.69, 9.17) is 0 Å². The summed E-state index contributed by atoms with van der Waals surface area (Å²) in [5, 5.41) is 3.84. The van der Waals surface area contributed by atoms with Crippen molar-refractivity contribution in [1.82, 2.24) is 5.43 Å². The number of anilines is 1. The number of halogens is 1. The van der Waals surface area contributed by atoms with Crippen molar-refractivity contribution >= 4 is 43.8 Å². The van der Waals surface area contributed by atoms with Crippen LogP contribution in [0.4, 0.5) is 5.69 Å². The summed E-state index contributed by atoms with van der Waals surface area (Å²) in [7, 11) is -3.58. The fourth-order valence-electron chi connectivity index (χ4n) is 1.89. The van der Waals surface area contributed by atoms with Crippen molar-refractivity contribution < 1.29 is 13.2 Å². The Balaban J connectivity index is 2.02. The van der Waals surface area contributed by atoms with E-state index >= 15 is 0 Å². The summed E-state index contributed by atoms with van der Waals surface area (Å²) < 4.78 is 25.8. The van der Waals surface area contributed by atoms with Crippen LogP contribution >= 0.6 is 15.9 Å². The highest BCUT2D eigenvalue weighted by Crippen LogP contribution is 2.16. The summed E-state index contributed by atoms with van der Waals surface area (Å²) >= 11 is 3.33. The van der Waals surface area contributed by atoms with Gasteiger partial charge in [0, 0.05) is 4.47 Å². The fraction of sp³-hybridized carbons (Fsp3) is 0.125. The standard InChI is InChI=1S/C16H16BrN3O3S/c1-24(22,23)20(15-5-3-2-4-6-15)12-16(21)19-18-11-13-7-9-14(17)10-8-13/h2-11H,12H2,1H3,(H,19,21)/b18-11-. The molecule has 0 aliphatic carbocycles. The van der Waals surface area contributed by atoms with E-state index < -0.39 is 15.9 Å². The van der Waals surface area contributed by atoms with Gasteiger partial charge in [-0.15, -0.1) is 0 Å². The van der Waals surface area contributed by atoms with Gasteiger partial charge in [0.25, 0.3) is 5.91 Å². The van der Waals surface area contributed by atoms with Crippen LogP contribution < -0.4 is 9.73 Å². The second-order valence-electron chi connectivity index (χ2n) is 4.95. The molecule has 6 nitrogen and oxygen atoms in total. The molecule has 1 amide bonds. The van der Waals surface area contributed by atoms with Gasteiger partial charge < -0.3 is 0 Å². The third-order valence-electron chi connectivity index (χ3n) is 3.00. The van der Waals surface area contributed by atoms with E-state index in [1.165, 1.54) is 6.21 Å². The Morgan fingerprint density at radius 1 is 1.17 bits per heavy atom. The quantitative estimate of drug-likeness (QED) is 0.587. The molecule has 1 N–H and O–H groups in total. The molecule has 2 aromatic carbocycles. The molecule has 0 aliphatic rings. The van der Waals surface area contributed by atoms with Gasteiger partial charge >= 0.3 is 0 Å². The summed E-state index contributed by atoms with van der Waals surface area (Å²) in [5.74, 6) is -0.530. The molecule has 0 spiro atoms. The van der Waals surface area contributed by atoms with Gasteiger partial charge in [0.1, 0.15) is 6.54 Å². The summed E-state index contributed by atoms with van der Waals surface area (Å²) in [6.07, 6.45) is 2.54. The van der Waals surface area contributed by atoms with Crippen LogP contribution in [0.3, 0.4) is 0 Å². The number of carbonyl (C=O) groups is 1. The molecule has 0 saturated heterocycles. The molecule has 24 heavy (non-hydrogen) atoms. The lowest BCUT2D eigenvalue weighted by Gasteiger charge is -2.21. The minimum atomic E-state index is -3.58. The van der Waals surface area contributed by atoms with Crippen LogP contribution in [0.25, 0.3) is 0 Å². The van der Waals surface area contributed by atoms with Crippen molar-refractivity contribution in [3.63, 3.8) is 0 Å². The Bertz CT molecular complexity index is 821. The van der Waals surface area contributed by atoms with E-state index in [0.717, 1.165) is 20.6 Å². The summed E-state index contributed by atoms with van der Waals surface area (Å²) in [6.45, 7) is -0.347. The number of nitrogens with zero attached hydrogens (tertiary/aromatic N) is 2. The predicted octanol–water partition coefficient (Wildman–Crippen LogP) is 2.37. The minimum Gasteiger partial charge on any atom is -0.271 e. The Hall–Kier alpha value is -2.19. The third-order valence-corrected chi connectivity index (χ3v) is 4.67. The smallest absolute Gasteiger partial charge is 0.260 e. The van der Waals surface area contributed by atoms with Crippen LogP contribution in [0, 0.1) is 0 Å². The van der Waals surface area contributed by atoms with Crippen molar-refractivity contribution in [3.8, 4) is 0 Å². The highest BCUT2D eigenvalue weighted by atomic mass is 79.9. The van der Waals surface area contributed by atoms with E-state index in [2.05, 4.69) is 26.5 Å². The van der Waals surface area contributed by atoms with E-state index in [1.54, 1.807) is 30.3 Å². The largest absolute Gasteiger partial charge is 0.271 e. The van der Waals surface area contributed by atoms with Gasteiger partial charge in [0.05, 0.1) is 18.2 Å². The number of hydrogen-bond acceptors (Lipinski definition) is 4. The first kappa shape index (κ1) is 18.2. The van der Waals surface area contributed by atoms with E-state index in [1.807, 2.05) is 24.3 Å². The van der Waals surface area contributed by atoms with Crippen molar-refractivity contribution in [3.05, 3.63) is 64.6 Å². The number of rotatable bonds is 6. The first-order valence-corrected chi connectivity index (χ1v) is 9.60. The highest BCUT2D eigenvalue weighted by Gasteiger charge is 2.20. The monoisotopic (exact) mass is 409 g/mol. The molecule has 0 saturated carbocycles. The zero-order chi connectivity index (χ0) is 17.6. The molecule has 0 atom stereocenters. The Kier molecular flexibility index (Phi) is 6.10. The van der Waals surface area contributed by atoms with E-state index in [0.29, 0.717) is 5.69 Å². The Morgan fingerprint density at radius 2 is 1.79 bits per heavy atom. The second-order valence-corrected chi connectivity index (χ2v) is 7.77. The lowest BCUT2D eigenvalue weighted by molar-refractivity contribution is -0.119. The zero-order valence-electron chi connectivity index (χ0n) is 12.9. The number of carbonyl (C=O) groups excluding carboxylic acids is 1. The highest BCUT2D eigenvalue weighted by molar-refractivity contribution is 9.10. The van der Waals surface area contributed by atoms with Gasteiger partial charge in [-0.05, 0) is 29.8 Å². The van der Waals surface area contributed by atoms with Crippen LogP contribution in [-0.2, 0) is 14.8 Å². The lowest BCUT2D eigenvalue weighted by Crippen LogP contribution is -2.38. The summed E-state index contributed by atoms with van der Waals surface area (Å²) in [4.78, 5) is 12.0. The Morgan fingerprint density at radius 3 is 2.38 bits per heavy atom. The number of sulfonamides is 1. The predicted molar refractivity (Wildman–Crippen MR) is 98.5 cm³/mol. The molecule has 8 heteroatoms. The number of para-hydroxylation sites is 1. The van der Waals surface area contributed by atoms with Crippen molar-refractivity contribution in [2.24, 2.45) is 5.10 Å². The normalized spacial score (nSPS) is 11.4. The van der Waals surface area contributed by atoms with Crippen LogP contribution in [0.2, 0.25) is 0 Å². The lowest BCUT2D eigenvalue weighted by atomic mass is 10.2. The molecule has 0 radical (unpaired) electrons. The molecule has 0 heterocycles. The molecule has 0 unspecified atom stereocenters. The minimum absolute atomic E-state index is 0.347. The summed E-state index contributed by atoms with van der Waals surface area (Å²) in [5.41, 5.74) is 3.56. The first-order chi connectivity index (χ1) is 11.4. The maximum absolute atomic E-state index is 12.0. The molecule has 126 valence electrons. The van der Waals surface area contributed by atoms with Gasteiger partial charge in [-0.25, -0.2) is 13.8 Å². The molecule has 0 aromatic heterocycles. The van der Waals surface area contributed by atoms with Crippen molar-refractivity contribution in [2.75, 3.05) is 17.1 Å². The van der Waals surface area contributed by atoms with E-state index in [-0.39, 0.29) is 6.54 Å². The molecular formula is C16H16BrN3O3S. The summed E-state index contributed by atoms with van der Waals surface area (Å²) in [6, 6.07) is 15.8. The fourth-order valence-corrected chi connectivity index (χ4v) is 3.01. The average Bonchev–Trinajstić information content (AvgIpc) is 2.54. The van der Waals surface area contributed by atoms with Gasteiger partial charge in [-0.2, -0.15) is 5.10 Å². The third kappa shape index (κ3) is 5.47. The maximum atomic E-state index is 12.0. The topological polar surface area (TPSA) is 78.8 Å². The van der Waals surface area contributed by atoms with Crippen LogP contribution in [-0.4, -0.2) is 33.3 Å². The van der Waals surface area contributed by atoms with Gasteiger partial charge in [0.15, 0.2) is 0 Å². The molecule has 2 rings (SSSR count). The molecule has 0 fully saturated rings. The first-order valence-electron chi connectivity index (χ1n) is 6.96. The molecule has 0 bridgehead atoms. The van der Waals surface area contributed by atoms with Crippen LogP contribution in [0.5, 0.6) is 0 Å². The molecule has 2 aromatic rings. The zero-order valence-corrected chi connectivity index (χ0v) is 15.3. The van der Waals surface area contributed by atoms with E-state index in [9.17, 15) is 13.2 Å². The second kappa shape index (κ2) is 8.07. The Labute approximate surface area is 149 Å². The molecular weight excluding hydrogens is 394 g/mol. The molecule has 0 aliphatic heterocycles. The van der Waals surface area contributed by atoms with Crippen molar-refractivity contribution in [2.45, 2.75) is 0 Å². The number of nitrogens with one attached hydrogen (secondary N) is 1. The van der Waals surface area contributed by atoms with Crippen LogP contribution in [0.1, 0.15) is 5.56 Å². The van der Waals surface area contributed by atoms with Crippen molar-refractivity contribution in [1.29, 1.82) is 0 Å². The van der Waals surface area contributed by atoms with Gasteiger partial charge in [-0.1, -0.05) is 46.3 Å². The van der Waals surface area contributed by atoms with Gasteiger partial charge in [0.2, 0.25) is 10.0 Å².